The van der Waals surface area contributed by atoms with Crippen LogP contribution in [0.5, 0.6) is 0 Å². The van der Waals surface area contributed by atoms with Gasteiger partial charge in [-0.25, -0.2) is 0 Å². The van der Waals surface area contributed by atoms with Gasteiger partial charge < -0.3 is 4.90 Å². The van der Waals surface area contributed by atoms with Crippen LogP contribution in [-0.4, -0.2) is 13.1 Å². The lowest BCUT2D eigenvalue weighted by atomic mass is 10.1. The predicted molar refractivity (Wildman–Crippen MR) is 82.6 cm³/mol. The van der Waals surface area contributed by atoms with Gasteiger partial charge in [0.05, 0.1) is 0 Å². The molecule has 0 aliphatic carbocycles. The minimum atomic E-state index is 0.747. The van der Waals surface area contributed by atoms with Gasteiger partial charge in [0.15, 0.2) is 4.98 Å². The Morgan fingerprint density at radius 3 is 2.16 bits per heavy atom. The normalized spacial score (nSPS) is 10.2. The van der Waals surface area contributed by atoms with Crippen LogP contribution in [0.15, 0.2) is 18.2 Å². The number of unbranched alkanes of at least 4 members (excludes halogenated alkanes) is 2. The molecule has 0 radical (unpaired) electrons. The number of hydrogen-bond donors (Lipinski definition) is 0. The molecule has 0 fully saturated rings. The number of anilines is 1. The maximum atomic E-state index is 9.33. The van der Waals surface area contributed by atoms with Crippen LogP contribution in [0.2, 0.25) is 0 Å². The number of aryl methyl sites for hydroxylation is 1. The van der Waals surface area contributed by atoms with Crippen molar-refractivity contribution in [1.82, 2.24) is 0 Å². The average Bonchev–Trinajstić information content (AvgIpc) is 2.46. The fourth-order valence-corrected chi connectivity index (χ4v) is 2.28. The third-order valence-corrected chi connectivity index (χ3v) is 3.48. The van der Waals surface area contributed by atoms with Crippen molar-refractivity contribution >= 4 is 11.4 Å². The number of hydrogen-bond acceptors (Lipinski definition) is 2. The first kappa shape index (κ1) is 15.5. The number of diazo groups is 1. The minimum absolute atomic E-state index is 0.747. The van der Waals surface area contributed by atoms with E-state index in [1.165, 1.54) is 25.7 Å². The van der Waals surface area contributed by atoms with Gasteiger partial charge in [0.25, 0.3) is 0 Å². The van der Waals surface area contributed by atoms with E-state index in [0.29, 0.717) is 0 Å². The summed E-state index contributed by atoms with van der Waals surface area (Å²) in [7, 11) is 0. The molecule has 0 aliphatic heterocycles. The van der Waals surface area contributed by atoms with Gasteiger partial charge in [-0.3, -0.25) is 0 Å². The quantitative estimate of drug-likeness (QED) is 0.606. The molecule has 0 aliphatic rings. The number of rotatable bonds is 8. The van der Waals surface area contributed by atoms with E-state index in [9.17, 15) is 5.39 Å². The molecule has 0 bridgehead atoms. The van der Waals surface area contributed by atoms with Gasteiger partial charge in [-0.15, -0.1) is 0 Å². The molecule has 0 saturated carbocycles. The van der Waals surface area contributed by atoms with Crippen molar-refractivity contribution in [2.75, 3.05) is 18.0 Å². The van der Waals surface area contributed by atoms with E-state index in [-0.39, 0.29) is 0 Å². The standard InChI is InChI=1S/C16H26N3/c1-4-7-12-19(13-8-5-2)15-11-9-10-14(6-3)16(15)18-17/h9-11H,4-8,12-13H2,1-3H3/q+1. The van der Waals surface area contributed by atoms with Gasteiger partial charge in [-0.2, -0.15) is 0 Å². The maximum Gasteiger partial charge on any atom is 0.411 e. The van der Waals surface area contributed by atoms with Crippen LogP contribution in [0, 0.1) is 5.39 Å². The third-order valence-electron chi connectivity index (χ3n) is 3.48. The van der Waals surface area contributed by atoms with Crippen molar-refractivity contribution in [3.63, 3.8) is 0 Å². The Balaban J connectivity index is 3.03. The fourth-order valence-electron chi connectivity index (χ4n) is 2.28. The second kappa shape index (κ2) is 8.53. The monoisotopic (exact) mass is 260 g/mol. The summed E-state index contributed by atoms with van der Waals surface area (Å²) in [6.45, 7) is 8.57. The first-order valence-corrected chi connectivity index (χ1v) is 7.50. The molecule has 3 nitrogen and oxygen atoms in total. The lowest BCUT2D eigenvalue weighted by molar-refractivity contribution is 0.678. The van der Waals surface area contributed by atoms with E-state index in [0.717, 1.165) is 36.4 Å². The third kappa shape index (κ3) is 4.24. The van der Waals surface area contributed by atoms with Gasteiger partial charge in [0.2, 0.25) is 5.39 Å². The summed E-state index contributed by atoms with van der Waals surface area (Å²) in [6.07, 6.45) is 5.60. The summed E-state index contributed by atoms with van der Waals surface area (Å²) < 4.78 is 0. The first-order chi connectivity index (χ1) is 9.28. The van der Waals surface area contributed by atoms with Crippen molar-refractivity contribution in [3.05, 3.63) is 28.7 Å². The summed E-state index contributed by atoms with van der Waals surface area (Å²) in [6, 6.07) is 6.17. The number of benzene rings is 1. The molecule has 0 spiro atoms. The van der Waals surface area contributed by atoms with Crippen LogP contribution in [-0.2, 0) is 6.42 Å². The molecule has 1 aromatic rings. The van der Waals surface area contributed by atoms with Crippen LogP contribution in [0.1, 0.15) is 52.0 Å². The largest absolute Gasteiger partial charge is 0.411 e. The highest BCUT2D eigenvalue weighted by molar-refractivity contribution is 5.74. The van der Waals surface area contributed by atoms with Crippen LogP contribution in [0.25, 0.3) is 4.98 Å². The molecule has 0 N–H and O–H groups in total. The van der Waals surface area contributed by atoms with E-state index >= 15 is 0 Å². The van der Waals surface area contributed by atoms with Crippen LogP contribution >= 0.6 is 0 Å². The highest BCUT2D eigenvalue weighted by Gasteiger charge is 2.22. The van der Waals surface area contributed by atoms with Crippen molar-refractivity contribution in [1.29, 1.82) is 5.39 Å². The number of nitrogens with zero attached hydrogens (tertiary/aromatic N) is 3. The van der Waals surface area contributed by atoms with Gasteiger partial charge in [0.1, 0.15) is 5.69 Å². The molecule has 104 valence electrons. The highest BCUT2D eigenvalue weighted by Crippen LogP contribution is 2.33. The van der Waals surface area contributed by atoms with Crippen LogP contribution in [0.4, 0.5) is 11.4 Å². The Morgan fingerprint density at radius 2 is 1.68 bits per heavy atom. The SMILES string of the molecule is CCCCN(CCCC)c1cccc(CC)c1[N+]#N. The van der Waals surface area contributed by atoms with Crippen molar-refractivity contribution < 1.29 is 0 Å². The van der Waals surface area contributed by atoms with Crippen LogP contribution < -0.4 is 4.90 Å². The Kier molecular flexibility index (Phi) is 6.95. The Morgan fingerprint density at radius 1 is 1.05 bits per heavy atom. The van der Waals surface area contributed by atoms with E-state index < -0.39 is 0 Å². The van der Waals surface area contributed by atoms with Crippen LogP contribution in [0.3, 0.4) is 0 Å². The smallest absolute Gasteiger partial charge is 0.365 e. The first-order valence-electron chi connectivity index (χ1n) is 7.50. The van der Waals surface area contributed by atoms with E-state index in [1.807, 2.05) is 6.07 Å². The molecule has 1 rings (SSSR count). The van der Waals surface area contributed by atoms with E-state index in [2.05, 4.69) is 42.8 Å². The zero-order chi connectivity index (χ0) is 14.1. The Bertz CT molecular complexity index is 412. The molecule has 0 unspecified atom stereocenters. The van der Waals surface area contributed by atoms with Gasteiger partial charge >= 0.3 is 5.69 Å². The lowest BCUT2D eigenvalue weighted by Gasteiger charge is -2.23. The van der Waals surface area contributed by atoms with E-state index in [1.54, 1.807) is 0 Å². The molecule has 0 heterocycles. The van der Waals surface area contributed by atoms with E-state index in [4.69, 9.17) is 0 Å². The van der Waals surface area contributed by atoms with Crippen molar-refractivity contribution in [2.24, 2.45) is 0 Å². The molecule has 3 heteroatoms. The lowest BCUT2D eigenvalue weighted by Crippen LogP contribution is -2.25. The topological polar surface area (TPSA) is 31.4 Å². The summed E-state index contributed by atoms with van der Waals surface area (Å²) in [4.78, 5) is 5.90. The zero-order valence-electron chi connectivity index (χ0n) is 12.5. The summed E-state index contributed by atoms with van der Waals surface area (Å²) in [5.41, 5.74) is 2.93. The molecule has 0 aromatic heterocycles. The second-order valence-electron chi connectivity index (χ2n) is 4.93. The molecule has 0 amide bonds. The molecular formula is C16H26N3+. The molecule has 0 saturated heterocycles. The molecule has 0 atom stereocenters. The maximum absolute atomic E-state index is 9.33. The average molecular weight is 260 g/mol. The van der Waals surface area contributed by atoms with Crippen molar-refractivity contribution in [2.45, 2.75) is 52.9 Å². The summed E-state index contributed by atoms with van der Waals surface area (Å²) in [5, 5.41) is 9.33. The van der Waals surface area contributed by atoms with Gasteiger partial charge in [-0.1, -0.05) is 45.7 Å². The predicted octanol–water partition coefficient (Wildman–Crippen LogP) is 5.14. The fraction of sp³-hybridized carbons (Fsp3) is 0.625. The minimum Gasteiger partial charge on any atom is -0.365 e. The summed E-state index contributed by atoms with van der Waals surface area (Å²) in [5.74, 6) is 0. The highest BCUT2D eigenvalue weighted by atomic mass is 15.1. The zero-order valence-corrected chi connectivity index (χ0v) is 12.5. The molecular weight excluding hydrogens is 234 g/mol. The molecule has 19 heavy (non-hydrogen) atoms. The summed E-state index contributed by atoms with van der Waals surface area (Å²) >= 11 is 0. The van der Waals surface area contributed by atoms with Gasteiger partial charge in [-0.05, 0) is 25.3 Å². The van der Waals surface area contributed by atoms with Gasteiger partial charge in [0, 0.05) is 18.7 Å². The Labute approximate surface area is 117 Å². The Hall–Kier alpha value is -1.56. The second-order valence-corrected chi connectivity index (χ2v) is 4.93. The van der Waals surface area contributed by atoms with Crippen molar-refractivity contribution in [3.8, 4) is 0 Å². The molecule has 1 aromatic carbocycles.